The van der Waals surface area contributed by atoms with Gasteiger partial charge in [0.15, 0.2) is 0 Å². The van der Waals surface area contributed by atoms with Crippen molar-refractivity contribution in [1.29, 1.82) is 0 Å². The summed E-state index contributed by atoms with van der Waals surface area (Å²) in [6.07, 6.45) is 1.07. The van der Waals surface area contributed by atoms with Gasteiger partial charge in [-0.05, 0) is 105 Å². The molecule has 12 amide bonds. The van der Waals surface area contributed by atoms with Gasteiger partial charge in [-0.3, -0.25) is 57.5 Å². The van der Waals surface area contributed by atoms with Crippen molar-refractivity contribution in [2.45, 2.75) is 198 Å². The Morgan fingerprint density at radius 2 is 1.02 bits per heavy atom. The van der Waals surface area contributed by atoms with Crippen LogP contribution in [0.4, 0.5) is 0 Å². The molecule has 1 saturated heterocycles. The molecule has 32 nitrogen and oxygen atoms in total. The highest BCUT2D eigenvalue weighted by molar-refractivity contribution is 6.01. The smallest absolute Gasteiger partial charge is 0.326 e. The first-order valence-corrected chi connectivity index (χ1v) is 35.1. The molecule has 1 fully saturated rings. The highest BCUT2D eigenvalue weighted by Gasteiger charge is 2.42. The third-order valence-corrected chi connectivity index (χ3v) is 18.0. The number of para-hydroxylation sites is 2. The van der Waals surface area contributed by atoms with Gasteiger partial charge in [0, 0.05) is 60.0 Å². The summed E-state index contributed by atoms with van der Waals surface area (Å²) in [6, 6.07) is 5.45. The maximum atomic E-state index is 15.2. The molecule has 5 aromatic rings. The van der Waals surface area contributed by atoms with E-state index in [1.807, 2.05) is 0 Å². The Morgan fingerprint density at radius 1 is 0.529 bits per heavy atom. The third kappa shape index (κ3) is 23.6. The zero-order valence-corrected chi connectivity index (χ0v) is 59.9. The van der Waals surface area contributed by atoms with Gasteiger partial charge in [0.25, 0.3) is 0 Å². The van der Waals surface area contributed by atoms with E-state index in [9.17, 15) is 68.1 Å². The number of hydrogen-bond acceptors (Lipinski definition) is 17. The van der Waals surface area contributed by atoms with Gasteiger partial charge in [-0.1, -0.05) is 108 Å². The molecule has 0 spiro atoms. The van der Waals surface area contributed by atoms with Crippen LogP contribution >= 0.6 is 0 Å². The predicted octanol–water partition coefficient (Wildman–Crippen LogP) is -1.32. The van der Waals surface area contributed by atoms with Crippen LogP contribution in [0.1, 0.15) is 117 Å². The van der Waals surface area contributed by atoms with Gasteiger partial charge < -0.3 is 101 Å². The van der Waals surface area contributed by atoms with Gasteiger partial charge in [-0.2, -0.15) is 0 Å². The van der Waals surface area contributed by atoms with Crippen LogP contribution in [0, 0.1) is 17.8 Å². The number of amides is 12. The number of nitrogens with zero attached hydrogens (tertiary/aromatic N) is 1. The van der Waals surface area contributed by atoms with Crippen molar-refractivity contribution in [3.63, 3.8) is 0 Å². The van der Waals surface area contributed by atoms with Crippen LogP contribution < -0.4 is 70.4 Å². The second kappa shape index (κ2) is 39.4. The molecule has 0 aliphatic carbocycles. The Hall–Kier alpha value is -10.3. The molecule has 0 saturated carbocycles. The molecule has 104 heavy (non-hydrogen) atoms. The lowest BCUT2D eigenvalue weighted by Crippen LogP contribution is -2.62. The molecule has 1 aliphatic rings. The van der Waals surface area contributed by atoms with Crippen molar-refractivity contribution in [3.05, 3.63) is 108 Å². The lowest BCUT2D eigenvalue weighted by molar-refractivity contribution is -0.143. The predicted molar refractivity (Wildman–Crippen MR) is 384 cm³/mol. The molecule has 566 valence electrons. The largest absolute Gasteiger partial charge is 0.480 e. The number of primary amides is 1. The van der Waals surface area contributed by atoms with Gasteiger partial charge in [0.1, 0.15) is 66.5 Å². The summed E-state index contributed by atoms with van der Waals surface area (Å²) in [5.41, 5.74) is 20.5. The van der Waals surface area contributed by atoms with Crippen molar-refractivity contribution in [1.82, 2.24) is 68.0 Å². The number of fused-ring (bicyclic) bond motifs is 2. The number of aliphatic carboxylic acids is 1. The Morgan fingerprint density at radius 3 is 1.55 bits per heavy atom. The lowest BCUT2D eigenvalue weighted by Gasteiger charge is -2.31. The average Bonchev–Trinajstić information content (AvgIpc) is 1.68. The Labute approximate surface area is 602 Å². The summed E-state index contributed by atoms with van der Waals surface area (Å²) in [6.45, 7) is 11.9. The number of rotatable bonds is 40. The van der Waals surface area contributed by atoms with Crippen LogP contribution in [0.15, 0.2) is 91.3 Å². The van der Waals surface area contributed by atoms with Crippen LogP contribution in [0.5, 0.6) is 0 Å². The number of carboxylic acids is 1. The third-order valence-electron chi connectivity index (χ3n) is 18.0. The highest BCUT2D eigenvalue weighted by atomic mass is 16.4. The number of hydrogen-bond donors (Lipinski definition) is 18. The number of carboxylic acid groups (broad SMARTS) is 1. The summed E-state index contributed by atoms with van der Waals surface area (Å²) in [5, 5.41) is 58.5. The number of benzene rings is 3. The Kier molecular flexibility index (Phi) is 31.3. The monoisotopic (exact) mass is 1450 g/mol. The summed E-state index contributed by atoms with van der Waals surface area (Å²) in [4.78, 5) is 189. The topological polar surface area (TPSA) is 516 Å². The van der Waals surface area contributed by atoms with Crippen molar-refractivity contribution in [2.75, 3.05) is 19.7 Å². The van der Waals surface area contributed by atoms with Crippen molar-refractivity contribution >= 4 is 98.7 Å². The summed E-state index contributed by atoms with van der Waals surface area (Å²) in [5.74, 6) is -13.3. The molecule has 32 heteroatoms. The van der Waals surface area contributed by atoms with E-state index in [4.69, 9.17) is 17.2 Å². The number of carbonyl (C=O) groups is 13. The number of aliphatic hydroxyl groups excluding tert-OH is 2. The van der Waals surface area contributed by atoms with Gasteiger partial charge in [-0.15, -0.1) is 0 Å². The second-order valence-corrected chi connectivity index (χ2v) is 27.5. The first-order chi connectivity index (χ1) is 49.3. The van der Waals surface area contributed by atoms with Gasteiger partial charge >= 0.3 is 5.97 Å². The number of aromatic nitrogens is 2. The van der Waals surface area contributed by atoms with E-state index >= 15 is 9.59 Å². The van der Waals surface area contributed by atoms with Crippen molar-refractivity contribution in [2.24, 2.45) is 35.0 Å². The van der Waals surface area contributed by atoms with E-state index in [1.165, 1.54) is 18.7 Å². The molecule has 1 aliphatic heterocycles. The number of H-pyrrole nitrogens is 2. The maximum Gasteiger partial charge on any atom is 0.326 e. The summed E-state index contributed by atoms with van der Waals surface area (Å²) in [7, 11) is 0. The van der Waals surface area contributed by atoms with E-state index in [1.54, 1.807) is 133 Å². The molecule has 0 bridgehead atoms. The van der Waals surface area contributed by atoms with Crippen LogP contribution in [-0.2, 0) is 81.6 Å². The van der Waals surface area contributed by atoms with Crippen LogP contribution in [0.2, 0.25) is 0 Å². The number of nitrogens with one attached hydrogen (secondary N) is 12. The van der Waals surface area contributed by atoms with E-state index in [2.05, 4.69) is 63.1 Å². The summed E-state index contributed by atoms with van der Waals surface area (Å²) >= 11 is 0. The second-order valence-electron chi connectivity index (χ2n) is 27.5. The quantitative estimate of drug-likeness (QED) is 0.0202. The number of carbonyl (C=O) groups excluding carboxylic acids is 12. The molecule has 6 rings (SSSR count). The maximum absolute atomic E-state index is 15.2. The standard InChI is InChI=1S/C72H102N16O16/c1-37(2)29-50(63(94)78-40(7)61(92)86-59(39(5)6)72(103)104)80-66(97)53(33-57(74)91)82-68(99)56-26-18-28-88(56)71(102)54(30-42-19-10-9-11-20-42)84-65(96)52(32-44-35-77-48-24-15-13-22-46(44)48)83-70(101)60(41(8)90)87-62(93)49(25-16-17-27-73)79-64(95)51(31-43-34-76-47-23-14-12-21-45(43)47)81-67(98)55(36-89)85-69(100)58(75)38(3)4/h9-15,19-24,34-35,37-41,49-56,58-60,76-77,89-90H,16-18,25-33,36,73,75H2,1-8H3,(H2,74,91)(H,78,94)(H,79,95)(H,80,97)(H,81,98)(H,82,99)(H,83,101)(H,84,96)(H,85,100)(H,86,92)(H,87,93)(H,103,104)/t40-,41?,49-,50-,51-,52-,53-,54-,55-,56-,58-,59-,60-/m0/s1. The van der Waals surface area contributed by atoms with Crippen molar-refractivity contribution < 1.29 is 77.6 Å². The number of unbranched alkanes of at least 4 members (excludes halogenated alkanes) is 1. The first-order valence-electron chi connectivity index (χ1n) is 35.1. The normalized spacial score (nSPS) is 16.4. The Balaban J connectivity index is 1.26. The fraction of sp³-hybridized carbons (Fsp3) is 0.514. The number of aromatic amines is 2. The molecular formula is C72H102N16O16. The highest BCUT2D eigenvalue weighted by Crippen LogP contribution is 2.24. The minimum absolute atomic E-state index is 0.00305. The molecule has 0 radical (unpaired) electrons. The molecule has 3 aromatic carbocycles. The fourth-order valence-electron chi connectivity index (χ4n) is 12.1. The van der Waals surface area contributed by atoms with Gasteiger partial charge in [0.2, 0.25) is 70.9 Å². The zero-order valence-electron chi connectivity index (χ0n) is 59.9. The van der Waals surface area contributed by atoms with E-state index in [0.29, 0.717) is 44.9 Å². The number of aliphatic hydroxyl groups is 2. The van der Waals surface area contributed by atoms with Crippen LogP contribution in [0.3, 0.4) is 0 Å². The molecule has 2 aromatic heterocycles. The van der Waals surface area contributed by atoms with Gasteiger partial charge in [0.05, 0.1) is 25.2 Å². The molecule has 21 N–H and O–H groups in total. The van der Waals surface area contributed by atoms with Crippen LogP contribution in [-0.4, -0.2) is 205 Å². The fourth-order valence-corrected chi connectivity index (χ4v) is 12.1. The molecule has 1 unspecified atom stereocenters. The number of nitrogens with two attached hydrogens (primary N) is 3. The minimum Gasteiger partial charge on any atom is -0.480 e. The first kappa shape index (κ1) is 82.6. The number of likely N-dealkylation sites (tertiary alicyclic amines) is 1. The van der Waals surface area contributed by atoms with Crippen LogP contribution in [0.25, 0.3) is 21.8 Å². The summed E-state index contributed by atoms with van der Waals surface area (Å²) < 4.78 is 0. The minimum atomic E-state index is -1.83. The van der Waals surface area contributed by atoms with E-state index < -0.39 is 174 Å². The van der Waals surface area contributed by atoms with E-state index in [0.717, 1.165) is 0 Å². The lowest BCUT2D eigenvalue weighted by atomic mass is 10.0. The average molecular weight is 1450 g/mol. The van der Waals surface area contributed by atoms with Crippen molar-refractivity contribution in [3.8, 4) is 0 Å². The Bertz CT molecular complexity index is 3820. The SMILES string of the molecule is CC(C)C[C@H](NC(=O)[C@H](CC(N)=O)NC(=O)[C@@H]1CCCN1C(=O)[C@H](Cc1ccccc1)NC(=O)[C@H](Cc1c[nH]c2ccccc12)NC(=O)[C@@H](NC(=O)[C@H](CCCCN)NC(=O)[C@H](Cc1c[nH]c2ccccc12)NC(=O)[C@H](CO)NC(=O)[C@@H](N)C(C)C)C(C)O)C(=O)N[C@@H](C)C(=O)N[C@H](C(=O)O)C(C)C. The molecule has 13 atom stereocenters. The molecular weight excluding hydrogens is 1340 g/mol. The molecule has 3 heterocycles. The zero-order chi connectivity index (χ0) is 76.6. The van der Waals surface area contributed by atoms with Gasteiger partial charge in [-0.25, -0.2) is 4.79 Å². The van der Waals surface area contributed by atoms with E-state index in [-0.39, 0.29) is 76.3 Å².